The largest absolute Gasteiger partial charge is 0.508 e. The third-order valence-corrected chi connectivity index (χ3v) is 2.81. The van der Waals surface area contributed by atoms with Gasteiger partial charge in [0, 0.05) is 0 Å². The molecule has 1 aromatic carbocycles. The van der Waals surface area contributed by atoms with Gasteiger partial charge < -0.3 is 15.7 Å². The number of aromatic hydroxyl groups is 1. The minimum Gasteiger partial charge on any atom is -0.508 e. The topological polar surface area (TPSA) is 104 Å². The highest BCUT2D eigenvalue weighted by molar-refractivity contribution is 5.97. The van der Waals surface area contributed by atoms with Crippen LogP contribution in [0.15, 0.2) is 18.2 Å². The van der Waals surface area contributed by atoms with E-state index in [9.17, 15) is 20.0 Å². The molecule has 0 bridgehead atoms. The molecule has 2 rings (SSSR count). The molecular weight excluding hydrogens is 238 g/mol. The molecule has 1 heterocycles. The highest BCUT2D eigenvalue weighted by atomic mass is 16.6. The lowest BCUT2D eigenvalue weighted by molar-refractivity contribution is -0.384. The normalized spacial score (nSPS) is 18.6. The summed E-state index contributed by atoms with van der Waals surface area (Å²) in [6, 6.07) is 3.32. The van der Waals surface area contributed by atoms with E-state index in [1.54, 1.807) is 0 Å². The van der Waals surface area contributed by atoms with Crippen molar-refractivity contribution in [3.63, 3.8) is 0 Å². The van der Waals surface area contributed by atoms with Gasteiger partial charge in [0.2, 0.25) is 5.91 Å². The van der Waals surface area contributed by atoms with Gasteiger partial charge in [-0.1, -0.05) is 0 Å². The lowest BCUT2D eigenvalue weighted by Gasteiger charge is -2.11. The van der Waals surface area contributed by atoms with E-state index < -0.39 is 4.92 Å². The van der Waals surface area contributed by atoms with Crippen LogP contribution in [0.3, 0.4) is 0 Å². The standard InChI is InChI=1S/C11H13N3O4/c15-7-3-4-8(10(6-7)14(17)18)13-11(16)9-2-1-5-12-9/h3-4,6,9,12,15H,1-2,5H2,(H,13,16)/t9-/m0/s1. The Labute approximate surface area is 103 Å². The van der Waals surface area contributed by atoms with Crippen LogP contribution in [0, 0.1) is 10.1 Å². The van der Waals surface area contributed by atoms with Gasteiger partial charge in [0.25, 0.3) is 5.69 Å². The van der Waals surface area contributed by atoms with Gasteiger partial charge in [-0.3, -0.25) is 14.9 Å². The molecular formula is C11H13N3O4. The molecule has 1 amide bonds. The smallest absolute Gasteiger partial charge is 0.296 e. The monoisotopic (exact) mass is 251 g/mol. The first kappa shape index (κ1) is 12.3. The number of rotatable bonds is 3. The van der Waals surface area contributed by atoms with Crippen molar-refractivity contribution in [2.45, 2.75) is 18.9 Å². The maximum Gasteiger partial charge on any atom is 0.296 e. The molecule has 1 aliphatic rings. The number of nitro benzene ring substituents is 1. The number of amides is 1. The number of anilines is 1. The van der Waals surface area contributed by atoms with Gasteiger partial charge in [-0.2, -0.15) is 0 Å². The van der Waals surface area contributed by atoms with E-state index in [1.165, 1.54) is 12.1 Å². The van der Waals surface area contributed by atoms with Crippen LogP contribution in [0.1, 0.15) is 12.8 Å². The van der Waals surface area contributed by atoms with E-state index in [1.807, 2.05) is 0 Å². The molecule has 0 spiro atoms. The summed E-state index contributed by atoms with van der Waals surface area (Å²) in [5.41, 5.74) is -0.224. The molecule has 1 saturated heterocycles. The molecule has 3 N–H and O–H groups in total. The third-order valence-electron chi connectivity index (χ3n) is 2.81. The van der Waals surface area contributed by atoms with Crippen molar-refractivity contribution in [2.24, 2.45) is 0 Å². The van der Waals surface area contributed by atoms with Gasteiger partial charge >= 0.3 is 0 Å². The Morgan fingerprint density at radius 3 is 2.94 bits per heavy atom. The Morgan fingerprint density at radius 1 is 1.56 bits per heavy atom. The van der Waals surface area contributed by atoms with Crippen LogP contribution in [0.25, 0.3) is 0 Å². The predicted molar refractivity (Wildman–Crippen MR) is 64.4 cm³/mol. The van der Waals surface area contributed by atoms with Crippen molar-refractivity contribution in [3.8, 4) is 5.75 Å². The Bertz CT molecular complexity index is 483. The van der Waals surface area contributed by atoms with E-state index in [-0.39, 0.29) is 29.1 Å². The zero-order valence-electron chi connectivity index (χ0n) is 9.55. The number of benzene rings is 1. The average molecular weight is 251 g/mol. The number of nitrogens with zero attached hydrogens (tertiary/aromatic N) is 1. The number of phenolic OH excluding ortho intramolecular Hbond substituents is 1. The van der Waals surface area contributed by atoms with E-state index in [2.05, 4.69) is 10.6 Å². The zero-order chi connectivity index (χ0) is 13.1. The van der Waals surface area contributed by atoms with E-state index in [0.29, 0.717) is 0 Å². The molecule has 0 saturated carbocycles. The summed E-state index contributed by atoms with van der Waals surface area (Å²) in [5, 5.41) is 25.5. The molecule has 0 unspecified atom stereocenters. The number of phenols is 1. The van der Waals surface area contributed by atoms with Crippen molar-refractivity contribution < 1.29 is 14.8 Å². The number of nitrogens with one attached hydrogen (secondary N) is 2. The van der Waals surface area contributed by atoms with Crippen LogP contribution < -0.4 is 10.6 Å². The van der Waals surface area contributed by atoms with Gasteiger partial charge in [0.05, 0.1) is 17.0 Å². The quantitative estimate of drug-likeness (QED) is 0.422. The van der Waals surface area contributed by atoms with E-state index in [0.717, 1.165) is 25.5 Å². The van der Waals surface area contributed by atoms with Gasteiger partial charge in [-0.25, -0.2) is 0 Å². The number of nitro groups is 1. The fourth-order valence-corrected chi connectivity index (χ4v) is 1.90. The SMILES string of the molecule is O=C(Nc1ccc(O)cc1[N+](=O)[O-])[C@@H]1CCCN1. The molecule has 7 nitrogen and oxygen atoms in total. The minimum atomic E-state index is -0.641. The summed E-state index contributed by atoms with van der Waals surface area (Å²) < 4.78 is 0. The first-order chi connectivity index (χ1) is 8.58. The van der Waals surface area contributed by atoms with Crippen LogP contribution in [-0.2, 0) is 4.79 Å². The van der Waals surface area contributed by atoms with Gasteiger partial charge in [0.15, 0.2) is 0 Å². The molecule has 18 heavy (non-hydrogen) atoms. The van der Waals surface area contributed by atoms with Gasteiger partial charge in [-0.05, 0) is 31.5 Å². The molecule has 7 heteroatoms. The van der Waals surface area contributed by atoms with E-state index in [4.69, 9.17) is 0 Å². The molecule has 1 atom stereocenters. The summed E-state index contributed by atoms with van der Waals surface area (Å²) in [5.74, 6) is -0.500. The molecule has 0 aliphatic carbocycles. The van der Waals surface area contributed by atoms with Crippen LogP contribution >= 0.6 is 0 Å². The first-order valence-electron chi connectivity index (χ1n) is 5.59. The summed E-state index contributed by atoms with van der Waals surface area (Å²) in [7, 11) is 0. The summed E-state index contributed by atoms with van der Waals surface area (Å²) in [4.78, 5) is 22.0. The number of hydrogen-bond donors (Lipinski definition) is 3. The second-order valence-electron chi connectivity index (χ2n) is 4.10. The van der Waals surface area contributed by atoms with Gasteiger partial charge in [0.1, 0.15) is 11.4 Å². The van der Waals surface area contributed by atoms with Crippen LogP contribution in [0.4, 0.5) is 11.4 Å². The zero-order valence-corrected chi connectivity index (χ0v) is 9.55. The number of carbonyl (C=O) groups is 1. The Kier molecular flexibility index (Phi) is 3.42. The maximum atomic E-state index is 11.8. The van der Waals surface area contributed by atoms with Crippen LogP contribution in [0.2, 0.25) is 0 Å². The summed E-state index contributed by atoms with van der Waals surface area (Å²) in [6.07, 6.45) is 1.63. The van der Waals surface area contributed by atoms with Gasteiger partial charge in [-0.15, -0.1) is 0 Å². The molecule has 1 fully saturated rings. The number of carbonyl (C=O) groups excluding carboxylic acids is 1. The maximum absolute atomic E-state index is 11.8. The molecule has 0 aromatic heterocycles. The second kappa shape index (κ2) is 5.01. The second-order valence-corrected chi connectivity index (χ2v) is 4.10. The molecule has 1 aromatic rings. The Morgan fingerprint density at radius 2 is 2.33 bits per heavy atom. The average Bonchev–Trinajstić information content (AvgIpc) is 2.84. The highest BCUT2D eigenvalue weighted by Crippen LogP contribution is 2.28. The van der Waals surface area contributed by atoms with Crippen molar-refractivity contribution in [1.29, 1.82) is 0 Å². The third kappa shape index (κ3) is 2.57. The Balaban J connectivity index is 2.17. The molecule has 0 radical (unpaired) electrons. The number of hydrogen-bond acceptors (Lipinski definition) is 5. The van der Waals surface area contributed by atoms with Crippen molar-refractivity contribution in [2.75, 3.05) is 11.9 Å². The summed E-state index contributed by atoms with van der Waals surface area (Å²) in [6.45, 7) is 0.774. The first-order valence-corrected chi connectivity index (χ1v) is 5.59. The van der Waals surface area contributed by atoms with Crippen LogP contribution in [0.5, 0.6) is 5.75 Å². The molecule has 1 aliphatic heterocycles. The lowest BCUT2D eigenvalue weighted by Crippen LogP contribution is -2.35. The van der Waals surface area contributed by atoms with Crippen LogP contribution in [-0.4, -0.2) is 28.5 Å². The summed E-state index contributed by atoms with van der Waals surface area (Å²) >= 11 is 0. The fourth-order valence-electron chi connectivity index (χ4n) is 1.90. The predicted octanol–water partition coefficient (Wildman–Crippen LogP) is 0.991. The molecule has 96 valence electrons. The van der Waals surface area contributed by atoms with Crippen molar-refractivity contribution in [1.82, 2.24) is 5.32 Å². The highest BCUT2D eigenvalue weighted by Gasteiger charge is 2.24. The fraction of sp³-hybridized carbons (Fsp3) is 0.364. The minimum absolute atomic E-state index is 0.0940. The van der Waals surface area contributed by atoms with Crippen molar-refractivity contribution >= 4 is 17.3 Å². The van der Waals surface area contributed by atoms with E-state index >= 15 is 0 Å². The lowest BCUT2D eigenvalue weighted by atomic mass is 10.2. The Hall–Kier alpha value is -2.15. The van der Waals surface area contributed by atoms with Crippen molar-refractivity contribution in [3.05, 3.63) is 28.3 Å².